The van der Waals surface area contributed by atoms with E-state index in [4.69, 9.17) is 9.72 Å². The van der Waals surface area contributed by atoms with Crippen molar-refractivity contribution in [1.29, 1.82) is 0 Å². The third-order valence-corrected chi connectivity index (χ3v) is 4.58. The molecule has 1 aromatic heterocycles. The summed E-state index contributed by atoms with van der Waals surface area (Å²) in [6.45, 7) is 2.94. The highest BCUT2D eigenvalue weighted by Gasteiger charge is 2.14. The first-order chi connectivity index (χ1) is 12.3. The maximum Gasteiger partial charge on any atom is 0.141 e. The van der Waals surface area contributed by atoms with Crippen molar-refractivity contribution >= 4 is 11.0 Å². The maximum atomic E-state index is 5.37. The maximum absolute atomic E-state index is 5.37. The number of fused-ring (bicyclic) bond motifs is 1. The van der Waals surface area contributed by atoms with Crippen molar-refractivity contribution in [2.24, 2.45) is 0 Å². The fourth-order valence-corrected chi connectivity index (χ4v) is 3.16. The van der Waals surface area contributed by atoms with Crippen LogP contribution in [0.1, 0.15) is 11.1 Å². The van der Waals surface area contributed by atoms with Crippen molar-refractivity contribution in [2.75, 3.05) is 7.11 Å². The van der Waals surface area contributed by atoms with Gasteiger partial charge in [-0.2, -0.15) is 0 Å². The minimum Gasteiger partial charge on any atom is -0.497 e. The summed E-state index contributed by atoms with van der Waals surface area (Å²) in [4.78, 5) is 4.90. The second-order valence-electron chi connectivity index (χ2n) is 6.17. The Labute approximate surface area is 147 Å². The standard InChI is InChI=1S/C22H20N2O/c1-16-8-6-7-11-18(16)15-24-21-13-12-19(25-2)14-20(21)23-22(24)17-9-4-3-5-10-17/h3-14H,15H2,1-2H3. The molecule has 0 atom stereocenters. The Morgan fingerprint density at radius 3 is 2.44 bits per heavy atom. The summed E-state index contributed by atoms with van der Waals surface area (Å²) in [6, 6.07) is 24.9. The fraction of sp³-hybridized carbons (Fsp3) is 0.136. The molecule has 0 aliphatic rings. The molecular weight excluding hydrogens is 308 g/mol. The Kier molecular flexibility index (Phi) is 3.98. The number of nitrogens with zero attached hydrogens (tertiary/aromatic N) is 2. The minimum atomic E-state index is 0.791. The molecular formula is C22H20N2O. The van der Waals surface area contributed by atoms with Crippen LogP contribution >= 0.6 is 0 Å². The number of hydrogen-bond acceptors (Lipinski definition) is 2. The van der Waals surface area contributed by atoms with Crippen LogP contribution in [0.4, 0.5) is 0 Å². The summed E-state index contributed by atoms with van der Waals surface area (Å²) in [5, 5.41) is 0. The van der Waals surface area contributed by atoms with Gasteiger partial charge < -0.3 is 9.30 Å². The summed E-state index contributed by atoms with van der Waals surface area (Å²) in [6.07, 6.45) is 0. The average Bonchev–Trinajstić information content (AvgIpc) is 3.02. The first-order valence-electron chi connectivity index (χ1n) is 8.40. The highest BCUT2D eigenvalue weighted by atomic mass is 16.5. The van der Waals surface area contributed by atoms with Gasteiger partial charge in [0.25, 0.3) is 0 Å². The lowest BCUT2D eigenvalue weighted by Crippen LogP contribution is -2.03. The molecule has 4 aromatic rings. The van der Waals surface area contributed by atoms with E-state index < -0.39 is 0 Å². The first kappa shape index (κ1) is 15.5. The van der Waals surface area contributed by atoms with Crippen LogP contribution in [-0.2, 0) is 6.54 Å². The summed E-state index contributed by atoms with van der Waals surface area (Å²) >= 11 is 0. The zero-order valence-electron chi connectivity index (χ0n) is 14.4. The van der Waals surface area contributed by atoms with Gasteiger partial charge in [0, 0.05) is 18.2 Å². The summed E-state index contributed by atoms with van der Waals surface area (Å²) < 4.78 is 7.65. The number of ether oxygens (including phenoxy) is 1. The van der Waals surface area contributed by atoms with E-state index in [9.17, 15) is 0 Å². The quantitative estimate of drug-likeness (QED) is 0.523. The predicted octanol–water partition coefficient (Wildman–Crippen LogP) is 5.07. The molecule has 0 bridgehead atoms. The van der Waals surface area contributed by atoms with Crippen LogP contribution in [0.25, 0.3) is 22.4 Å². The minimum absolute atomic E-state index is 0.791. The van der Waals surface area contributed by atoms with Gasteiger partial charge in [0.05, 0.1) is 18.1 Å². The molecule has 124 valence electrons. The molecule has 0 N–H and O–H groups in total. The summed E-state index contributed by atoms with van der Waals surface area (Å²) in [7, 11) is 1.68. The van der Waals surface area contributed by atoms with E-state index in [1.54, 1.807) is 7.11 Å². The van der Waals surface area contributed by atoms with E-state index in [1.165, 1.54) is 11.1 Å². The Balaban J connectivity index is 1.92. The SMILES string of the molecule is COc1ccc2c(c1)nc(-c1ccccc1)n2Cc1ccccc1C. The van der Waals surface area contributed by atoms with Gasteiger partial charge in [0.1, 0.15) is 11.6 Å². The summed E-state index contributed by atoms with van der Waals surface area (Å²) in [5.41, 5.74) is 5.77. The van der Waals surface area contributed by atoms with Crippen molar-refractivity contribution in [1.82, 2.24) is 9.55 Å². The molecule has 0 unspecified atom stereocenters. The fourth-order valence-electron chi connectivity index (χ4n) is 3.16. The third kappa shape index (κ3) is 2.89. The number of aromatic nitrogens is 2. The molecule has 3 aromatic carbocycles. The van der Waals surface area contributed by atoms with E-state index in [-0.39, 0.29) is 0 Å². The lowest BCUT2D eigenvalue weighted by molar-refractivity contribution is 0.415. The lowest BCUT2D eigenvalue weighted by Gasteiger charge is -2.12. The van der Waals surface area contributed by atoms with Crippen LogP contribution in [0.2, 0.25) is 0 Å². The van der Waals surface area contributed by atoms with E-state index in [0.29, 0.717) is 0 Å². The number of rotatable bonds is 4. The molecule has 3 heteroatoms. The Hall–Kier alpha value is -3.07. The number of hydrogen-bond donors (Lipinski definition) is 0. The topological polar surface area (TPSA) is 27.1 Å². The van der Waals surface area contributed by atoms with Gasteiger partial charge in [-0.25, -0.2) is 4.98 Å². The summed E-state index contributed by atoms with van der Waals surface area (Å²) in [5.74, 6) is 1.81. The van der Waals surface area contributed by atoms with Crippen LogP contribution < -0.4 is 4.74 Å². The van der Waals surface area contributed by atoms with Crippen LogP contribution in [-0.4, -0.2) is 16.7 Å². The second-order valence-corrected chi connectivity index (χ2v) is 6.17. The van der Waals surface area contributed by atoms with Gasteiger partial charge in [-0.05, 0) is 30.2 Å². The average molecular weight is 328 g/mol. The van der Waals surface area contributed by atoms with Crippen molar-refractivity contribution in [2.45, 2.75) is 13.5 Å². The molecule has 0 aliphatic heterocycles. The highest BCUT2D eigenvalue weighted by molar-refractivity contribution is 5.82. The van der Waals surface area contributed by atoms with Gasteiger partial charge in [0.15, 0.2) is 0 Å². The molecule has 1 heterocycles. The molecule has 25 heavy (non-hydrogen) atoms. The molecule has 0 radical (unpaired) electrons. The Bertz CT molecular complexity index is 1020. The van der Waals surface area contributed by atoms with E-state index in [1.807, 2.05) is 30.3 Å². The zero-order chi connectivity index (χ0) is 17.2. The molecule has 0 saturated heterocycles. The molecule has 0 aliphatic carbocycles. The van der Waals surface area contributed by atoms with Crippen molar-refractivity contribution in [3.63, 3.8) is 0 Å². The lowest BCUT2D eigenvalue weighted by atomic mass is 10.1. The van der Waals surface area contributed by atoms with Gasteiger partial charge in [0.2, 0.25) is 0 Å². The number of imidazole rings is 1. The zero-order valence-corrected chi connectivity index (χ0v) is 14.4. The van der Waals surface area contributed by atoms with E-state index >= 15 is 0 Å². The Morgan fingerprint density at radius 1 is 0.920 bits per heavy atom. The van der Waals surface area contributed by atoms with Crippen LogP contribution in [0, 0.1) is 6.92 Å². The molecule has 0 spiro atoms. The number of benzene rings is 3. The van der Waals surface area contributed by atoms with E-state index in [0.717, 1.165) is 34.7 Å². The Morgan fingerprint density at radius 2 is 1.68 bits per heavy atom. The monoisotopic (exact) mass is 328 g/mol. The third-order valence-electron chi connectivity index (χ3n) is 4.58. The number of methoxy groups -OCH3 is 1. The molecule has 0 fully saturated rings. The molecule has 4 rings (SSSR count). The van der Waals surface area contributed by atoms with Crippen molar-refractivity contribution < 1.29 is 4.74 Å². The van der Waals surface area contributed by atoms with Crippen molar-refractivity contribution in [3.8, 4) is 17.1 Å². The van der Waals surface area contributed by atoms with Crippen LogP contribution in [0.3, 0.4) is 0 Å². The van der Waals surface area contributed by atoms with Gasteiger partial charge in [-0.15, -0.1) is 0 Å². The second kappa shape index (κ2) is 6.44. The largest absolute Gasteiger partial charge is 0.497 e. The highest BCUT2D eigenvalue weighted by Crippen LogP contribution is 2.28. The van der Waals surface area contributed by atoms with Crippen LogP contribution in [0.15, 0.2) is 72.8 Å². The van der Waals surface area contributed by atoms with Gasteiger partial charge in [-0.1, -0.05) is 54.6 Å². The van der Waals surface area contributed by atoms with E-state index in [2.05, 4.69) is 54.0 Å². The van der Waals surface area contributed by atoms with Gasteiger partial charge >= 0.3 is 0 Å². The smallest absolute Gasteiger partial charge is 0.141 e. The molecule has 3 nitrogen and oxygen atoms in total. The predicted molar refractivity (Wildman–Crippen MR) is 102 cm³/mol. The molecule has 0 saturated carbocycles. The first-order valence-corrected chi connectivity index (χ1v) is 8.40. The van der Waals surface area contributed by atoms with Crippen LogP contribution in [0.5, 0.6) is 5.75 Å². The number of aryl methyl sites for hydroxylation is 1. The normalized spacial score (nSPS) is 11.0. The van der Waals surface area contributed by atoms with Gasteiger partial charge in [-0.3, -0.25) is 0 Å². The molecule has 0 amide bonds. The van der Waals surface area contributed by atoms with Crippen molar-refractivity contribution in [3.05, 3.63) is 83.9 Å².